The van der Waals surface area contributed by atoms with Crippen molar-refractivity contribution in [3.8, 4) is 17.2 Å². The van der Waals surface area contributed by atoms with E-state index in [9.17, 15) is 4.79 Å². The molecular weight excluding hydrogens is 356 g/mol. The van der Waals surface area contributed by atoms with Gasteiger partial charge < -0.3 is 24.8 Å². The van der Waals surface area contributed by atoms with E-state index in [1.165, 1.54) is 0 Å². The van der Waals surface area contributed by atoms with E-state index in [2.05, 4.69) is 10.6 Å². The van der Waals surface area contributed by atoms with Crippen molar-refractivity contribution < 1.29 is 19.0 Å². The molecule has 2 aromatic rings. The van der Waals surface area contributed by atoms with Crippen LogP contribution in [-0.4, -0.2) is 33.8 Å². The lowest BCUT2D eigenvalue weighted by molar-refractivity contribution is -0.121. The number of hydrogen-bond donors (Lipinski definition) is 2. The second-order valence-electron chi connectivity index (χ2n) is 5.45. The van der Waals surface area contributed by atoms with E-state index in [0.29, 0.717) is 41.7 Å². The summed E-state index contributed by atoms with van der Waals surface area (Å²) < 4.78 is 15.8. The molecular formula is C19H23ClN2O4. The van der Waals surface area contributed by atoms with Gasteiger partial charge in [-0.2, -0.15) is 0 Å². The zero-order valence-electron chi connectivity index (χ0n) is 15.1. The summed E-state index contributed by atoms with van der Waals surface area (Å²) in [6.07, 6.45) is 0.309. The molecule has 2 N–H and O–H groups in total. The van der Waals surface area contributed by atoms with Crippen LogP contribution in [0.25, 0.3) is 0 Å². The first kappa shape index (κ1) is 19.7. The van der Waals surface area contributed by atoms with Gasteiger partial charge in [-0.3, -0.25) is 4.79 Å². The number of carbonyl (C=O) groups excluding carboxylic acids is 1. The second kappa shape index (κ2) is 9.77. The molecule has 140 valence electrons. The van der Waals surface area contributed by atoms with Crippen LogP contribution in [0.4, 0.5) is 5.69 Å². The number of methoxy groups -OCH3 is 3. The Balaban J connectivity index is 1.86. The summed E-state index contributed by atoms with van der Waals surface area (Å²) >= 11 is 6.08. The van der Waals surface area contributed by atoms with Gasteiger partial charge in [-0.1, -0.05) is 29.8 Å². The zero-order valence-corrected chi connectivity index (χ0v) is 15.9. The second-order valence-corrected chi connectivity index (χ2v) is 5.86. The molecule has 0 heterocycles. The van der Waals surface area contributed by atoms with Crippen molar-refractivity contribution in [3.63, 3.8) is 0 Å². The summed E-state index contributed by atoms with van der Waals surface area (Å²) in [5.74, 6) is 1.81. The maximum atomic E-state index is 12.1. The van der Waals surface area contributed by atoms with Crippen LogP contribution in [0.15, 0.2) is 36.4 Å². The Kier molecular flexibility index (Phi) is 7.41. The van der Waals surface area contributed by atoms with Gasteiger partial charge in [0.05, 0.1) is 32.0 Å². The lowest BCUT2D eigenvalue weighted by atomic mass is 10.2. The third-order valence-electron chi connectivity index (χ3n) is 3.81. The van der Waals surface area contributed by atoms with Gasteiger partial charge in [0.2, 0.25) is 5.91 Å². The normalized spacial score (nSPS) is 10.2. The zero-order chi connectivity index (χ0) is 18.9. The van der Waals surface area contributed by atoms with E-state index < -0.39 is 0 Å². The highest BCUT2D eigenvalue weighted by Gasteiger charge is 2.10. The van der Waals surface area contributed by atoms with Crippen molar-refractivity contribution in [1.82, 2.24) is 5.32 Å². The molecule has 1 amide bonds. The number of amides is 1. The van der Waals surface area contributed by atoms with E-state index in [0.717, 1.165) is 11.3 Å². The number of benzene rings is 2. The molecule has 0 aliphatic rings. The number of rotatable bonds is 9. The maximum absolute atomic E-state index is 12.1. The molecule has 6 nitrogen and oxygen atoms in total. The fourth-order valence-electron chi connectivity index (χ4n) is 2.44. The number of carbonyl (C=O) groups is 1. The average molecular weight is 379 g/mol. The van der Waals surface area contributed by atoms with Crippen LogP contribution >= 0.6 is 11.6 Å². The smallest absolute Gasteiger partial charge is 0.222 e. The molecule has 0 aromatic heterocycles. The van der Waals surface area contributed by atoms with Crippen molar-refractivity contribution in [2.24, 2.45) is 0 Å². The van der Waals surface area contributed by atoms with Crippen LogP contribution in [0.1, 0.15) is 12.0 Å². The van der Waals surface area contributed by atoms with Gasteiger partial charge in [0.1, 0.15) is 17.2 Å². The molecule has 2 aromatic carbocycles. The van der Waals surface area contributed by atoms with Crippen molar-refractivity contribution in [3.05, 3.63) is 47.0 Å². The van der Waals surface area contributed by atoms with Crippen LogP contribution in [0.3, 0.4) is 0 Å². The molecule has 0 fully saturated rings. The van der Waals surface area contributed by atoms with Crippen LogP contribution in [-0.2, 0) is 11.3 Å². The molecule has 0 aliphatic carbocycles. The quantitative estimate of drug-likeness (QED) is 0.699. The minimum atomic E-state index is -0.0664. The van der Waals surface area contributed by atoms with Gasteiger partial charge in [-0.05, 0) is 6.07 Å². The molecule has 2 rings (SSSR count). The Morgan fingerprint density at radius 3 is 2.38 bits per heavy atom. The van der Waals surface area contributed by atoms with Gasteiger partial charge >= 0.3 is 0 Å². The lowest BCUT2D eigenvalue weighted by Crippen LogP contribution is -2.25. The summed E-state index contributed by atoms with van der Waals surface area (Å²) in [5.41, 5.74) is 1.65. The molecule has 26 heavy (non-hydrogen) atoms. The molecule has 0 bridgehead atoms. The number of hydrogen-bond acceptors (Lipinski definition) is 5. The van der Waals surface area contributed by atoms with Crippen molar-refractivity contribution >= 4 is 23.2 Å². The highest BCUT2D eigenvalue weighted by molar-refractivity contribution is 6.32. The molecule has 0 saturated heterocycles. The molecule has 0 saturated carbocycles. The van der Waals surface area contributed by atoms with Crippen molar-refractivity contribution in [2.75, 3.05) is 33.2 Å². The summed E-state index contributed by atoms with van der Waals surface area (Å²) in [5, 5.41) is 6.52. The largest absolute Gasteiger partial charge is 0.496 e. The van der Waals surface area contributed by atoms with Gasteiger partial charge in [0.25, 0.3) is 0 Å². The topological polar surface area (TPSA) is 68.8 Å². The molecule has 0 aliphatic heterocycles. The molecule has 0 unspecified atom stereocenters. The monoisotopic (exact) mass is 378 g/mol. The number of ether oxygens (including phenoxy) is 3. The van der Waals surface area contributed by atoms with Crippen LogP contribution in [0.5, 0.6) is 17.2 Å². The van der Waals surface area contributed by atoms with Gasteiger partial charge in [0, 0.05) is 37.2 Å². The fourth-order valence-corrected chi connectivity index (χ4v) is 2.67. The van der Waals surface area contributed by atoms with Gasteiger partial charge in [0.15, 0.2) is 0 Å². The van der Waals surface area contributed by atoms with Gasteiger partial charge in [-0.15, -0.1) is 0 Å². The van der Waals surface area contributed by atoms with E-state index in [1.807, 2.05) is 24.3 Å². The minimum Gasteiger partial charge on any atom is -0.496 e. The first-order valence-corrected chi connectivity index (χ1v) is 8.50. The molecule has 0 atom stereocenters. The Morgan fingerprint density at radius 2 is 1.69 bits per heavy atom. The third kappa shape index (κ3) is 5.20. The Hall–Kier alpha value is -2.60. The number of anilines is 1. The van der Waals surface area contributed by atoms with Crippen LogP contribution < -0.4 is 24.8 Å². The summed E-state index contributed by atoms with van der Waals surface area (Å²) in [7, 11) is 4.71. The minimum absolute atomic E-state index is 0.0664. The summed E-state index contributed by atoms with van der Waals surface area (Å²) in [6, 6.07) is 11.0. The Labute approximate surface area is 158 Å². The highest BCUT2D eigenvalue weighted by Crippen LogP contribution is 2.35. The van der Waals surface area contributed by atoms with Crippen LogP contribution in [0.2, 0.25) is 5.02 Å². The predicted molar refractivity (Wildman–Crippen MR) is 103 cm³/mol. The number of nitrogens with one attached hydrogen (secondary N) is 2. The van der Waals surface area contributed by atoms with Gasteiger partial charge in [-0.25, -0.2) is 0 Å². The van der Waals surface area contributed by atoms with E-state index >= 15 is 0 Å². The predicted octanol–water partition coefficient (Wildman–Crippen LogP) is 3.48. The van der Waals surface area contributed by atoms with E-state index in [4.69, 9.17) is 25.8 Å². The molecule has 7 heteroatoms. The van der Waals surface area contributed by atoms with Crippen molar-refractivity contribution in [2.45, 2.75) is 13.0 Å². The molecule has 0 spiro atoms. The highest BCUT2D eigenvalue weighted by atomic mass is 35.5. The number of para-hydroxylation sites is 1. The first-order valence-electron chi connectivity index (χ1n) is 8.13. The lowest BCUT2D eigenvalue weighted by Gasteiger charge is -2.14. The first-order chi connectivity index (χ1) is 12.6. The average Bonchev–Trinajstić information content (AvgIpc) is 2.67. The SMILES string of the molecule is COc1cc(NCCC(=O)NCc2ccccc2OC)c(OC)cc1Cl. The fraction of sp³-hybridized carbons (Fsp3) is 0.316. The molecule has 0 radical (unpaired) electrons. The third-order valence-corrected chi connectivity index (χ3v) is 4.11. The van der Waals surface area contributed by atoms with E-state index in [1.54, 1.807) is 33.5 Å². The standard InChI is InChI=1S/C19H23ClN2O4/c1-24-16-7-5-4-6-13(16)12-22-19(23)8-9-21-15-11-17(25-2)14(20)10-18(15)26-3/h4-7,10-11,21H,8-9,12H2,1-3H3,(H,22,23). The Morgan fingerprint density at radius 1 is 1.00 bits per heavy atom. The van der Waals surface area contributed by atoms with E-state index in [-0.39, 0.29) is 5.91 Å². The van der Waals surface area contributed by atoms with Crippen molar-refractivity contribution in [1.29, 1.82) is 0 Å². The maximum Gasteiger partial charge on any atom is 0.222 e. The Bertz CT molecular complexity index is 752. The number of halogens is 1. The summed E-state index contributed by atoms with van der Waals surface area (Å²) in [6.45, 7) is 0.861. The van der Waals surface area contributed by atoms with Crippen LogP contribution in [0, 0.1) is 0 Å². The summed E-state index contributed by atoms with van der Waals surface area (Å²) in [4.78, 5) is 12.1.